The van der Waals surface area contributed by atoms with E-state index >= 15 is 0 Å². The van der Waals surface area contributed by atoms with Gasteiger partial charge in [0.1, 0.15) is 0 Å². The first kappa shape index (κ1) is 12.2. The Hall–Kier alpha value is -0.870. The summed E-state index contributed by atoms with van der Waals surface area (Å²) in [5.41, 5.74) is 0. The van der Waals surface area contributed by atoms with Crippen molar-refractivity contribution in [1.29, 1.82) is 0 Å². The second-order valence-corrected chi connectivity index (χ2v) is 6.77. The number of rotatable bonds is 7. The summed E-state index contributed by atoms with van der Waals surface area (Å²) in [6, 6.07) is 4.72. The fourth-order valence-corrected chi connectivity index (χ4v) is 3.57. The van der Waals surface area contributed by atoms with Gasteiger partial charge in [-0.15, -0.1) is 11.3 Å². The van der Waals surface area contributed by atoms with Gasteiger partial charge in [0, 0.05) is 22.3 Å². The molecule has 0 aromatic carbocycles. The van der Waals surface area contributed by atoms with E-state index in [0.29, 0.717) is 0 Å². The van der Waals surface area contributed by atoms with E-state index in [-0.39, 0.29) is 6.42 Å². The maximum absolute atomic E-state index is 10.6. The van der Waals surface area contributed by atoms with Crippen molar-refractivity contribution in [3.8, 4) is 0 Å². The van der Waals surface area contributed by atoms with E-state index in [4.69, 9.17) is 5.11 Å². The molecule has 0 bridgehead atoms. The first-order valence-electron chi connectivity index (χ1n) is 6.75. The Morgan fingerprint density at radius 1 is 1.28 bits per heavy atom. The smallest absolute Gasteiger partial charge is 0.308 e. The normalized spacial score (nSPS) is 19.4. The minimum absolute atomic E-state index is 0.152. The molecule has 2 N–H and O–H groups in total. The van der Waals surface area contributed by atoms with Gasteiger partial charge in [-0.1, -0.05) is 0 Å². The molecule has 2 aliphatic rings. The average molecular weight is 265 g/mol. The van der Waals surface area contributed by atoms with Crippen molar-refractivity contribution in [1.82, 2.24) is 5.32 Å². The molecule has 0 unspecified atom stereocenters. The van der Waals surface area contributed by atoms with Crippen LogP contribution in [0.15, 0.2) is 12.1 Å². The predicted molar refractivity (Wildman–Crippen MR) is 71.7 cm³/mol. The molecule has 2 fully saturated rings. The van der Waals surface area contributed by atoms with Crippen molar-refractivity contribution in [2.24, 2.45) is 11.8 Å². The van der Waals surface area contributed by atoms with Crippen molar-refractivity contribution < 1.29 is 9.90 Å². The van der Waals surface area contributed by atoms with E-state index in [1.807, 2.05) is 6.07 Å². The largest absolute Gasteiger partial charge is 0.481 e. The minimum Gasteiger partial charge on any atom is -0.481 e. The third-order valence-electron chi connectivity index (χ3n) is 3.81. The van der Waals surface area contributed by atoms with E-state index in [1.165, 1.54) is 30.6 Å². The highest BCUT2D eigenvalue weighted by Crippen LogP contribution is 2.44. The fraction of sp³-hybridized carbons (Fsp3) is 0.643. The topological polar surface area (TPSA) is 49.3 Å². The van der Waals surface area contributed by atoms with Crippen LogP contribution in [0.2, 0.25) is 0 Å². The molecule has 0 radical (unpaired) electrons. The van der Waals surface area contributed by atoms with Gasteiger partial charge in [-0.05, 0) is 49.7 Å². The molecule has 2 saturated carbocycles. The highest BCUT2D eigenvalue weighted by atomic mass is 32.1. The number of nitrogens with one attached hydrogen (secondary N) is 1. The standard InChI is InChI=1S/C14H19NO2S/c16-13(17)7-11-5-6-12(18-11)8-15-14(9-1-2-9)10-3-4-10/h5-6,9-10,14-15H,1-4,7-8H2,(H,16,17). The Bertz CT molecular complexity index is 423. The summed E-state index contributed by atoms with van der Waals surface area (Å²) in [5.74, 6) is 1.08. The van der Waals surface area contributed by atoms with Gasteiger partial charge in [0.25, 0.3) is 0 Å². The van der Waals surface area contributed by atoms with Gasteiger partial charge >= 0.3 is 5.97 Å². The lowest BCUT2D eigenvalue weighted by molar-refractivity contribution is -0.136. The molecule has 2 aliphatic carbocycles. The molecular weight excluding hydrogens is 246 g/mol. The lowest BCUT2D eigenvalue weighted by Crippen LogP contribution is -2.32. The van der Waals surface area contributed by atoms with Crippen LogP contribution in [0, 0.1) is 11.8 Å². The third kappa shape index (κ3) is 3.12. The summed E-state index contributed by atoms with van der Waals surface area (Å²) in [7, 11) is 0. The van der Waals surface area contributed by atoms with E-state index in [1.54, 1.807) is 11.3 Å². The molecular formula is C14H19NO2S. The van der Waals surface area contributed by atoms with Crippen LogP contribution in [0.4, 0.5) is 0 Å². The van der Waals surface area contributed by atoms with Gasteiger partial charge in [0.2, 0.25) is 0 Å². The maximum Gasteiger partial charge on any atom is 0.308 e. The van der Waals surface area contributed by atoms with Gasteiger partial charge in [-0.2, -0.15) is 0 Å². The number of carboxylic acid groups (broad SMARTS) is 1. The molecule has 1 aromatic rings. The lowest BCUT2D eigenvalue weighted by atomic mass is 10.1. The Balaban J connectivity index is 1.52. The van der Waals surface area contributed by atoms with Gasteiger partial charge in [-0.3, -0.25) is 4.79 Å². The molecule has 4 heteroatoms. The van der Waals surface area contributed by atoms with Crippen LogP contribution in [-0.4, -0.2) is 17.1 Å². The Morgan fingerprint density at radius 3 is 2.44 bits per heavy atom. The molecule has 0 atom stereocenters. The third-order valence-corrected chi connectivity index (χ3v) is 4.90. The molecule has 1 heterocycles. The van der Waals surface area contributed by atoms with Crippen molar-refractivity contribution in [3.05, 3.63) is 21.9 Å². The van der Waals surface area contributed by atoms with Crippen LogP contribution in [0.3, 0.4) is 0 Å². The van der Waals surface area contributed by atoms with Gasteiger partial charge < -0.3 is 10.4 Å². The van der Waals surface area contributed by atoms with Gasteiger partial charge in [0.15, 0.2) is 0 Å². The summed E-state index contributed by atoms with van der Waals surface area (Å²) in [4.78, 5) is 12.8. The molecule has 0 aliphatic heterocycles. The quantitative estimate of drug-likeness (QED) is 0.797. The predicted octanol–water partition coefficient (Wildman–Crippen LogP) is 2.65. The molecule has 3 rings (SSSR count). The molecule has 0 spiro atoms. The highest BCUT2D eigenvalue weighted by Gasteiger charge is 2.40. The summed E-state index contributed by atoms with van der Waals surface area (Å²) in [6.07, 6.45) is 5.72. The summed E-state index contributed by atoms with van der Waals surface area (Å²) >= 11 is 1.62. The summed E-state index contributed by atoms with van der Waals surface area (Å²) < 4.78 is 0. The van der Waals surface area contributed by atoms with Crippen LogP contribution in [-0.2, 0) is 17.8 Å². The number of aliphatic carboxylic acids is 1. The zero-order chi connectivity index (χ0) is 12.5. The van der Waals surface area contributed by atoms with Crippen molar-refractivity contribution in [2.45, 2.75) is 44.7 Å². The van der Waals surface area contributed by atoms with Crippen LogP contribution in [0.25, 0.3) is 0 Å². The van der Waals surface area contributed by atoms with Crippen molar-refractivity contribution >= 4 is 17.3 Å². The molecule has 0 saturated heterocycles. The lowest BCUT2D eigenvalue weighted by Gasteiger charge is -2.16. The Labute approximate surface area is 111 Å². The number of carboxylic acids is 1. The maximum atomic E-state index is 10.6. The van der Waals surface area contributed by atoms with Crippen LogP contribution in [0.1, 0.15) is 35.4 Å². The van der Waals surface area contributed by atoms with E-state index in [0.717, 1.165) is 29.3 Å². The van der Waals surface area contributed by atoms with Gasteiger partial charge in [-0.25, -0.2) is 0 Å². The van der Waals surface area contributed by atoms with Crippen molar-refractivity contribution in [2.75, 3.05) is 0 Å². The van der Waals surface area contributed by atoms with Crippen molar-refractivity contribution in [3.63, 3.8) is 0 Å². The van der Waals surface area contributed by atoms with E-state index < -0.39 is 5.97 Å². The summed E-state index contributed by atoms with van der Waals surface area (Å²) in [6.45, 7) is 0.905. The number of hydrogen-bond acceptors (Lipinski definition) is 3. The zero-order valence-electron chi connectivity index (χ0n) is 10.4. The molecule has 3 nitrogen and oxygen atoms in total. The highest BCUT2D eigenvalue weighted by molar-refractivity contribution is 7.12. The van der Waals surface area contributed by atoms with Crippen LogP contribution in [0.5, 0.6) is 0 Å². The fourth-order valence-electron chi connectivity index (χ4n) is 2.61. The van der Waals surface area contributed by atoms with Crippen LogP contribution < -0.4 is 5.32 Å². The Morgan fingerprint density at radius 2 is 1.89 bits per heavy atom. The first-order valence-corrected chi connectivity index (χ1v) is 7.57. The monoisotopic (exact) mass is 265 g/mol. The van der Waals surface area contributed by atoms with Crippen LogP contribution >= 0.6 is 11.3 Å². The number of thiophene rings is 1. The molecule has 1 aromatic heterocycles. The molecule has 0 amide bonds. The van der Waals surface area contributed by atoms with E-state index in [9.17, 15) is 4.79 Å². The Kier molecular flexibility index (Phi) is 3.39. The molecule has 98 valence electrons. The van der Waals surface area contributed by atoms with Gasteiger partial charge in [0.05, 0.1) is 6.42 Å². The first-order chi connectivity index (χ1) is 8.72. The minimum atomic E-state index is -0.745. The number of carbonyl (C=O) groups is 1. The second-order valence-electron chi connectivity index (χ2n) is 5.52. The molecule has 18 heavy (non-hydrogen) atoms. The average Bonchev–Trinajstić information content (AvgIpc) is 3.19. The second kappa shape index (κ2) is 5.02. The SMILES string of the molecule is O=C(O)Cc1ccc(CNC(C2CC2)C2CC2)s1. The number of hydrogen-bond donors (Lipinski definition) is 2. The zero-order valence-corrected chi connectivity index (χ0v) is 11.2. The van der Waals surface area contributed by atoms with E-state index in [2.05, 4.69) is 11.4 Å². The summed E-state index contributed by atoms with van der Waals surface area (Å²) in [5, 5.41) is 12.4.